The molecule has 2 amide bonds. The van der Waals surface area contributed by atoms with Crippen LogP contribution in [-0.2, 0) is 27.4 Å². The van der Waals surface area contributed by atoms with Crippen LogP contribution in [0.5, 0.6) is 0 Å². The van der Waals surface area contributed by atoms with Crippen molar-refractivity contribution in [3.63, 3.8) is 0 Å². The minimum absolute atomic E-state index is 0.0248. The summed E-state index contributed by atoms with van der Waals surface area (Å²) in [5.41, 5.74) is 1.16. The van der Waals surface area contributed by atoms with E-state index in [-0.39, 0.29) is 24.6 Å². The van der Waals surface area contributed by atoms with Crippen LogP contribution in [0, 0.1) is 16.0 Å². The molecule has 2 aromatic carbocycles. The first-order valence-corrected chi connectivity index (χ1v) is 9.91. The SMILES string of the molecule is CC(C)[C@@H](NC(=O)OCc1ccccc1)C(=O)N[C@@H](Cc1ccc([N+](=O)[O-])cc1)C(=O)O. The third-order valence-corrected chi connectivity index (χ3v) is 4.64. The van der Waals surface area contributed by atoms with Crippen LogP contribution in [-0.4, -0.2) is 40.1 Å². The molecule has 10 nitrogen and oxygen atoms in total. The highest BCUT2D eigenvalue weighted by atomic mass is 16.6. The zero-order valence-corrected chi connectivity index (χ0v) is 17.7. The molecule has 0 fully saturated rings. The number of rotatable bonds is 10. The van der Waals surface area contributed by atoms with E-state index in [0.717, 1.165) is 5.56 Å². The van der Waals surface area contributed by atoms with Crippen molar-refractivity contribution in [2.24, 2.45) is 5.92 Å². The average Bonchev–Trinajstić information content (AvgIpc) is 2.76. The molecule has 0 aliphatic heterocycles. The second-order valence-corrected chi connectivity index (χ2v) is 7.45. The van der Waals surface area contributed by atoms with Crippen molar-refractivity contribution in [1.29, 1.82) is 0 Å². The Morgan fingerprint density at radius 1 is 1.00 bits per heavy atom. The van der Waals surface area contributed by atoms with Gasteiger partial charge in [0.05, 0.1) is 4.92 Å². The van der Waals surface area contributed by atoms with Crippen LogP contribution in [0.25, 0.3) is 0 Å². The fourth-order valence-electron chi connectivity index (χ4n) is 2.88. The number of ether oxygens (including phenoxy) is 1. The lowest BCUT2D eigenvalue weighted by molar-refractivity contribution is -0.384. The standard InChI is InChI=1S/C22H25N3O7/c1-14(2)19(24-22(29)32-13-16-6-4-3-5-7-16)20(26)23-18(21(27)28)12-15-8-10-17(11-9-15)25(30)31/h3-11,14,18-19H,12-13H2,1-2H3,(H,23,26)(H,24,29)(H,27,28)/t18-,19+/m0/s1. The molecule has 32 heavy (non-hydrogen) atoms. The Kier molecular flexibility index (Phi) is 8.70. The van der Waals surface area contributed by atoms with Gasteiger partial charge < -0.3 is 20.5 Å². The van der Waals surface area contributed by atoms with Crippen molar-refractivity contribution < 1.29 is 29.2 Å². The summed E-state index contributed by atoms with van der Waals surface area (Å²) in [5, 5.41) is 25.1. The smallest absolute Gasteiger partial charge is 0.408 e. The second kappa shape index (κ2) is 11.4. The first-order chi connectivity index (χ1) is 15.2. The van der Waals surface area contributed by atoms with E-state index in [2.05, 4.69) is 10.6 Å². The number of benzene rings is 2. The van der Waals surface area contributed by atoms with Gasteiger partial charge in [-0.15, -0.1) is 0 Å². The van der Waals surface area contributed by atoms with E-state index in [1.54, 1.807) is 38.1 Å². The van der Waals surface area contributed by atoms with Gasteiger partial charge in [0.15, 0.2) is 0 Å². The number of carboxylic acids is 1. The highest BCUT2D eigenvalue weighted by Crippen LogP contribution is 2.14. The van der Waals surface area contributed by atoms with Crippen LogP contribution in [0.4, 0.5) is 10.5 Å². The molecule has 0 bridgehead atoms. The summed E-state index contributed by atoms with van der Waals surface area (Å²) in [7, 11) is 0. The van der Waals surface area contributed by atoms with Gasteiger partial charge in [0.2, 0.25) is 5.91 Å². The normalized spacial score (nSPS) is 12.5. The summed E-state index contributed by atoms with van der Waals surface area (Å²) in [6.45, 7) is 3.43. The van der Waals surface area contributed by atoms with Crippen LogP contribution in [0.3, 0.4) is 0 Å². The summed E-state index contributed by atoms with van der Waals surface area (Å²) < 4.78 is 5.14. The second-order valence-electron chi connectivity index (χ2n) is 7.45. The number of nitro benzene ring substituents is 1. The van der Waals surface area contributed by atoms with E-state index in [4.69, 9.17) is 4.74 Å². The summed E-state index contributed by atoms with van der Waals surface area (Å²) in [4.78, 5) is 46.7. The maximum atomic E-state index is 12.7. The molecule has 2 rings (SSSR count). The van der Waals surface area contributed by atoms with Crippen molar-refractivity contribution >= 4 is 23.7 Å². The topological polar surface area (TPSA) is 148 Å². The quantitative estimate of drug-likeness (QED) is 0.378. The van der Waals surface area contributed by atoms with Gasteiger partial charge in [0, 0.05) is 18.6 Å². The zero-order chi connectivity index (χ0) is 23.7. The van der Waals surface area contributed by atoms with Gasteiger partial charge in [0.1, 0.15) is 18.7 Å². The lowest BCUT2D eigenvalue weighted by Gasteiger charge is -2.24. The molecule has 170 valence electrons. The monoisotopic (exact) mass is 443 g/mol. The van der Waals surface area contributed by atoms with Crippen LogP contribution < -0.4 is 10.6 Å². The number of aliphatic carboxylic acids is 1. The van der Waals surface area contributed by atoms with Crippen molar-refractivity contribution in [3.05, 3.63) is 75.8 Å². The Morgan fingerprint density at radius 2 is 1.62 bits per heavy atom. The lowest BCUT2D eigenvalue weighted by Crippen LogP contribution is -2.54. The van der Waals surface area contributed by atoms with Gasteiger partial charge in [0.25, 0.3) is 5.69 Å². The number of alkyl carbamates (subject to hydrolysis) is 1. The fourth-order valence-corrected chi connectivity index (χ4v) is 2.88. The Balaban J connectivity index is 1.99. The molecule has 3 N–H and O–H groups in total. The first-order valence-electron chi connectivity index (χ1n) is 9.91. The van der Waals surface area contributed by atoms with E-state index < -0.39 is 35.0 Å². The Hall–Kier alpha value is -3.95. The molecule has 0 saturated carbocycles. The largest absolute Gasteiger partial charge is 0.480 e. The maximum Gasteiger partial charge on any atom is 0.408 e. The van der Waals surface area contributed by atoms with Crippen LogP contribution >= 0.6 is 0 Å². The fraction of sp³-hybridized carbons (Fsp3) is 0.318. The molecule has 0 radical (unpaired) electrons. The van der Waals surface area contributed by atoms with Crippen molar-refractivity contribution in [2.45, 2.75) is 39.0 Å². The molecule has 0 aromatic heterocycles. The third kappa shape index (κ3) is 7.38. The van der Waals surface area contributed by atoms with E-state index in [1.807, 2.05) is 6.07 Å². The Morgan fingerprint density at radius 3 is 2.16 bits per heavy atom. The van der Waals surface area contributed by atoms with Gasteiger partial charge in [-0.05, 0) is 17.0 Å². The molecule has 0 aliphatic carbocycles. The zero-order valence-electron chi connectivity index (χ0n) is 17.7. The number of nitrogens with zero attached hydrogens (tertiary/aromatic N) is 1. The molecule has 2 atom stereocenters. The summed E-state index contributed by atoms with van der Waals surface area (Å²) in [6.07, 6.45) is -0.882. The third-order valence-electron chi connectivity index (χ3n) is 4.64. The van der Waals surface area contributed by atoms with E-state index in [0.29, 0.717) is 5.56 Å². The minimum atomic E-state index is -1.28. The minimum Gasteiger partial charge on any atom is -0.480 e. The summed E-state index contributed by atoms with van der Waals surface area (Å²) in [5.74, 6) is -2.29. The number of non-ortho nitro benzene ring substituents is 1. The molecule has 0 spiro atoms. The van der Waals surface area contributed by atoms with Crippen LogP contribution in [0.2, 0.25) is 0 Å². The molecule has 0 unspecified atom stereocenters. The number of carboxylic acid groups (broad SMARTS) is 1. The van der Waals surface area contributed by atoms with Gasteiger partial charge in [-0.3, -0.25) is 14.9 Å². The number of hydrogen-bond donors (Lipinski definition) is 3. The number of carbonyl (C=O) groups is 3. The van der Waals surface area contributed by atoms with E-state index in [1.165, 1.54) is 24.3 Å². The molecule has 2 aromatic rings. The van der Waals surface area contributed by atoms with Crippen LogP contribution in [0.1, 0.15) is 25.0 Å². The molecule has 0 aliphatic rings. The van der Waals surface area contributed by atoms with E-state index in [9.17, 15) is 29.6 Å². The van der Waals surface area contributed by atoms with Gasteiger partial charge >= 0.3 is 12.1 Å². The number of nitrogens with one attached hydrogen (secondary N) is 2. The van der Waals surface area contributed by atoms with Crippen molar-refractivity contribution in [2.75, 3.05) is 0 Å². The predicted molar refractivity (Wildman–Crippen MR) is 115 cm³/mol. The number of hydrogen-bond acceptors (Lipinski definition) is 6. The molecule has 0 saturated heterocycles. The number of amides is 2. The molecule has 10 heteroatoms. The van der Waals surface area contributed by atoms with Gasteiger partial charge in [-0.1, -0.05) is 56.3 Å². The first kappa shape index (κ1) is 24.3. The van der Waals surface area contributed by atoms with E-state index >= 15 is 0 Å². The number of nitro groups is 1. The van der Waals surface area contributed by atoms with Gasteiger partial charge in [-0.25, -0.2) is 9.59 Å². The Labute approximate surface area is 184 Å². The maximum absolute atomic E-state index is 12.7. The highest BCUT2D eigenvalue weighted by Gasteiger charge is 2.29. The average molecular weight is 443 g/mol. The molecular formula is C22H25N3O7. The molecular weight excluding hydrogens is 418 g/mol. The summed E-state index contributed by atoms with van der Waals surface area (Å²) in [6, 6.07) is 12.1. The Bertz CT molecular complexity index is 946. The number of carbonyl (C=O) groups excluding carboxylic acids is 2. The lowest BCUT2D eigenvalue weighted by atomic mass is 10.0. The van der Waals surface area contributed by atoms with Gasteiger partial charge in [-0.2, -0.15) is 0 Å². The van der Waals surface area contributed by atoms with Crippen LogP contribution in [0.15, 0.2) is 54.6 Å². The van der Waals surface area contributed by atoms with Crippen molar-refractivity contribution in [1.82, 2.24) is 10.6 Å². The predicted octanol–water partition coefficient (Wildman–Crippen LogP) is 2.66. The highest BCUT2D eigenvalue weighted by molar-refractivity contribution is 5.89. The summed E-state index contributed by atoms with van der Waals surface area (Å²) >= 11 is 0. The molecule has 0 heterocycles. The van der Waals surface area contributed by atoms with Crippen molar-refractivity contribution in [3.8, 4) is 0 Å².